The van der Waals surface area contributed by atoms with E-state index in [0.717, 1.165) is 30.9 Å². The summed E-state index contributed by atoms with van der Waals surface area (Å²) in [5, 5.41) is 25.5. The summed E-state index contributed by atoms with van der Waals surface area (Å²) in [6, 6.07) is 8.97. The largest absolute Gasteiger partial charge is 0.477 e. The fourth-order valence-electron chi connectivity index (χ4n) is 4.32. The lowest BCUT2D eigenvalue weighted by atomic mass is 9.80. The first-order valence-corrected chi connectivity index (χ1v) is 11.1. The molecule has 1 aliphatic carbocycles. The number of benzene rings is 1. The molecule has 1 aromatic carbocycles. The van der Waals surface area contributed by atoms with Crippen molar-refractivity contribution in [3.63, 3.8) is 0 Å². The zero-order valence-electron chi connectivity index (χ0n) is 19.2. The molecule has 1 aromatic rings. The van der Waals surface area contributed by atoms with Gasteiger partial charge >= 0.3 is 5.97 Å². The summed E-state index contributed by atoms with van der Waals surface area (Å²) in [5.41, 5.74) is 0.0903. The molecule has 1 aliphatic heterocycles. The van der Waals surface area contributed by atoms with Crippen molar-refractivity contribution < 1.29 is 24.3 Å². The Morgan fingerprint density at radius 1 is 1.30 bits per heavy atom. The smallest absolute Gasteiger partial charge is 0.366 e. The second kappa shape index (κ2) is 9.99. The Hall–Kier alpha value is -2.81. The van der Waals surface area contributed by atoms with E-state index in [9.17, 15) is 20.0 Å². The molecule has 0 spiro atoms. The van der Waals surface area contributed by atoms with Gasteiger partial charge < -0.3 is 19.9 Å². The maximum atomic E-state index is 12.8. The molecule has 8 nitrogen and oxygen atoms in total. The summed E-state index contributed by atoms with van der Waals surface area (Å²) < 4.78 is 12.3. The molecule has 0 radical (unpaired) electrons. The summed E-state index contributed by atoms with van der Waals surface area (Å²) in [5.74, 6) is -3.32. The van der Waals surface area contributed by atoms with Crippen LogP contribution in [0.3, 0.4) is 0 Å². The zero-order valence-corrected chi connectivity index (χ0v) is 19.2. The van der Waals surface area contributed by atoms with E-state index in [-0.39, 0.29) is 23.9 Å². The van der Waals surface area contributed by atoms with Crippen LogP contribution >= 0.6 is 0 Å². The van der Waals surface area contributed by atoms with Crippen LogP contribution in [0.1, 0.15) is 38.7 Å². The van der Waals surface area contributed by atoms with Crippen LogP contribution in [0.2, 0.25) is 0 Å². The minimum atomic E-state index is -2.04. The first kappa shape index (κ1) is 24.8. The average molecular weight is 457 g/mol. The third-order valence-corrected chi connectivity index (χ3v) is 6.43. The number of carboxylic acid groups (broad SMARTS) is 1. The van der Waals surface area contributed by atoms with E-state index in [0.29, 0.717) is 6.42 Å². The summed E-state index contributed by atoms with van der Waals surface area (Å²) in [4.78, 5) is 23.9. The lowest BCUT2D eigenvalue weighted by Crippen LogP contribution is -2.68. The van der Waals surface area contributed by atoms with E-state index in [1.54, 1.807) is 0 Å². The van der Waals surface area contributed by atoms with Crippen LogP contribution in [0.15, 0.2) is 66.9 Å². The number of aliphatic carboxylic acids is 1. The molecule has 3 unspecified atom stereocenters. The summed E-state index contributed by atoms with van der Waals surface area (Å²) in [6.45, 7) is 11.0. The lowest BCUT2D eigenvalue weighted by molar-refractivity contribution is -0.421. The number of allylic oxidation sites excluding steroid dienone is 1. The second-order valence-electron chi connectivity index (χ2n) is 9.29. The number of nitrogens with zero attached hydrogens (tertiary/aromatic N) is 1. The van der Waals surface area contributed by atoms with Crippen LogP contribution in [0.5, 0.6) is 0 Å². The van der Waals surface area contributed by atoms with Gasteiger partial charge in [0.05, 0.1) is 23.1 Å². The van der Waals surface area contributed by atoms with Gasteiger partial charge in [-0.15, -0.1) is 0 Å². The number of carbonyl (C=O) groups is 1. The monoisotopic (exact) mass is 456 g/mol. The SMILES string of the molecule is C=C/C(=C(\C=C)[N+](=O)[O-])C1OC(C(=O)O)(C(Cc2ccccc2)NC2CCC2)OCC1(C)C. The van der Waals surface area contributed by atoms with E-state index >= 15 is 0 Å². The Morgan fingerprint density at radius 3 is 2.45 bits per heavy atom. The van der Waals surface area contributed by atoms with Gasteiger partial charge in [-0.25, -0.2) is 4.79 Å². The second-order valence-corrected chi connectivity index (χ2v) is 9.29. The minimum absolute atomic E-state index is 0.0288. The van der Waals surface area contributed by atoms with Crippen LogP contribution in [0.4, 0.5) is 0 Å². The standard InChI is InChI=1S/C25H32N2O6/c1-5-19(20(6-2)27(30)31)22-24(3,4)16-32-25(33-22,23(28)29)21(26-18-13-10-14-18)15-17-11-8-7-9-12-17/h5-9,11-12,18,21-22,26H,1-2,10,13-16H2,3-4H3,(H,28,29)/b20-19-. The highest BCUT2D eigenvalue weighted by molar-refractivity contribution is 5.77. The first-order valence-electron chi connectivity index (χ1n) is 11.1. The fourth-order valence-corrected chi connectivity index (χ4v) is 4.32. The fraction of sp³-hybridized carbons (Fsp3) is 0.480. The molecule has 1 saturated carbocycles. The van der Waals surface area contributed by atoms with Crippen molar-refractivity contribution in [2.24, 2.45) is 5.41 Å². The van der Waals surface area contributed by atoms with Crippen molar-refractivity contribution >= 4 is 5.97 Å². The highest BCUT2D eigenvalue weighted by Crippen LogP contribution is 2.42. The highest BCUT2D eigenvalue weighted by Gasteiger charge is 2.58. The van der Waals surface area contributed by atoms with Crippen LogP contribution in [-0.2, 0) is 20.7 Å². The molecule has 33 heavy (non-hydrogen) atoms. The van der Waals surface area contributed by atoms with Gasteiger partial charge in [-0.1, -0.05) is 69.8 Å². The summed E-state index contributed by atoms with van der Waals surface area (Å²) >= 11 is 0. The molecule has 1 saturated heterocycles. The van der Waals surface area contributed by atoms with Crippen LogP contribution in [-0.4, -0.2) is 46.6 Å². The van der Waals surface area contributed by atoms with Crippen molar-refractivity contribution in [1.29, 1.82) is 0 Å². The maximum Gasteiger partial charge on any atom is 0.366 e. The zero-order chi connectivity index (χ0) is 24.2. The lowest BCUT2D eigenvalue weighted by Gasteiger charge is -2.50. The van der Waals surface area contributed by atoms with Crippen molar-refractivity contribution in [2.75, 3.05) is 6.61 Å². The number of rotatable bonds is 10. The van der Waals surface area contributed by atoms with Crippen molar-refractivity contribution in [2.45, 2.75) is 63.5 Å². The van der Waals surface area contributed by atoms with Gasteiger partial charge in [0.2, 0.25) is 0 Å². The van der Waals surface area contributed by atoms with Crippen LogP contribution < -0.4 is 5.32 Å². The highest BCUT2D eigenvalue weighted by atomic mass is 16.7. The van der Waals surface area contributed by atoms with Crippen molar-refractivity contribution in [3.8, 4) is 0 Å². The van der Waals surface area contributed by atoms with Crippen LogP contribution in [0.25, 0.3) is 0 Å². The molecule has 1 heterocycles. The first-order chi connectivity index (χ1) is 15.6. The van der Waals surface area contributed by atoms with E-state index in [2.05, 4.69) is 18.5 Å². The van der Waals surface area contributed by atoms with Gasteiger partial charge in [-0.2, -0.15) is 0 Å². The maximum absolute atomic E-state index is 12.8. The van der Waals surface area contributed by atoms with Gasteiger partial charge in [0, 0.05) is 17.5 Å². The molecular formula is C25H32N2O6. The molecule has 2 fully saturated rings. The van der Waals surface area contributed by atoms with E-state index in [1.807, 2.05) is 44.2 Å². The van der Waals surface area contributed by atoms with Gasteiger partial charge in [-0.3, -0.25) is 10.1 Å². The molecule has 2 N–H and O–H groups in total. The van der Waals surface area contributed by atoms with Gasteiger partial charge in [0.25, 0.3) is 11.5 Å². The summed E-state index contributed by atoms with van der Waals surface area (Å²) in [7, 11) is 0. The number of carboxylic acids is 1. The molecular weight excluding hydrogens is 424 g/mol. The Kier molecular flexibility index (Phi) is 7.51. The van der Waals surface area contributed by atoms with E-state index in [4.69, 9.17) is 9.47 Å². The molecule has 0 bridgehead atoms. The summed E-state index contributed by atoms with van der Waals surface area (Å²) in [6.07, 6.45) is 4.83. The van der Waals surface area contributed by atoms with Crippen LogP contribution in [0, 0.1) is 15.5 Å². The van der Waals surface area contributed by atoms with E-state index < -0.39 is 34.2 Å². The van der Waals surface area contributed by atoms with Crippen molar-refractivity contribution in [1.82, 2.24) is 5.32 Å². The molecule has 3 rings (SSSR count). The molecule has 0 amide bonds. The Balaban J connectivity index is 2.07. The number of nitro groups is 1. The number of hydrogen-bond donors (Lipinski definition) is 2. The Labute approximate surface area is 194 Å². The van der Waals surface area contributed by atoms with Gasteiger partial charge in [0.1, 0.15) is 6.10 Å². The number of nitrogens with one attached hydrogen (secondary N) is 1. The number of ether oxygens (including phenoxy) is 2. The molecule has 3 atom stereocenters. The third kappa shape index (κ3) is 5.08. The molecule has 8 heteroatoms. The molecule has 2 aliphatic rings. The molecule has 0 aromatic heterocycles. The Bertz CT molecular complexity index is 937. The average Bonchev–Trinajstić information content (AvgIpc) is 2.74. The Morgan fingerprint density at radius 2 is 1.97 bits per heavy atom. The quantitative estimate of drug-likeness (QED) is 0.312. The normalized spacial score (nSPS) is 26.4. The molecule has 178 valence electrons. The third-order valence-electron chi connectivity index (χ3n) is 6.43. The number of hydrogen-bond acceptors (Lipinski definition) is 6. The minimum Gasteiger partial charge on any atom is -0.477 e. The predicted molar refractivity (Wildman–Crippen MR) is 124 cm³/mol. The predicted octanol–water partition coefficient (Wildman–Crippen LogP) is 3.87. The van der Waals surface area contributed by atoms with Gasteiger partial charge in [-0.05, 0) is 24.8 Å². The topological polar surface area (TPSA) is 111 Å². The van der Waals surface area contributed by atoms with E-state index in [1.165, 1.54) is 6.08 Å². The van der Waals surface area contributed by atoms with Crippen molar-refractivity contribution in [3.05, 3.63) is 82.6 Å². The van der Waals surface area contributed by atoms with Gasteiger partial charge in [0.15, 0.2) is 0 Å².